The molecule has 0 aliphatic rings. The maximum Gasteiger partial charge on any atom is 0.337 e. The first-order valence-electron chi connectivity index (χ1n) is 6.90. The Bertz CT molecular complexity index is 719. The number of amides is 1. The van der Waals surface area contributed by atoms with Gasteiger partial charge in [-0.05, 0) is 44.5 Å². The largest absolute Gasteiger partial charge is 0.465 e. The third-order valence-corrected chi connectivity index (χ3v) is 3.33. The molecule has 1 aromatic heterocycles. The van der Waals surface area contributed by atoms with Gasteiger partial charge in [0.2, 0.25) is 5.91 Å². The van der Waals surface area contributed by atoms with E-state index in [1.54, 1.807) is 22.9 Å². The molecule has 6 heteroatoms. The molecule has 1 aromatic carbocycles. The van der Waals surface area contributed by atoms with Crippen LogP contribution in [0, 0.1) is 20.8 Å². The maximum absolute atomic E-state index is 12.2. The molecule has 2 rings (SSSR count). The Kier molecular flexibility index (Phi) is 4.60. The third-order valence-electron chi connectivity index (χ3n) is 3.33. The number of esters is 1. The molecular weight excluding hydrogens is 282 g/mol. The number of nitrogens with zero attached hydrogens (tertiary/aromatic N) is 2. The number of aromatic nitrogens is 2. The molecule has 6 nitrogen and oxygen atoms in total. The fraction of sp³-hybridized carbons (Fsp3) is 0.312. The Morgan fingerprint density at radius 2 is 1.95 bits per heavy atom. The van der Waals surface area contributed by atoms with Crippen molar-refractivity contribution in [2.24, 2.45) is 0 Å². The van der Waals surface area contributed by atoms with Crippen molar-refractivity contribution in [2.45, 2.75) is 27.3 Å². The fourth-order valence-corrected chi connectivity index (χ4v) is 2.16. The predicted octanol–water partition coefficient (Wildman–Crippen LogP) is 2.23. The van der Waals surface area contributed by atoms with Crippen LogP contribution >= 0.6 is 0 Å². The number of methoxy groups -OCH3 is 1. The Balaban J connectivity index is 2.14. The lowest BCUT2D eigenvalue weighted by molar-refractivity contribution is -0.116. The first kappa shape index (κ1) is 15.8. The van der Waals surface area contributed by atoms with Crippen molar-refractivity contribution in [3.05, 3.63) is 46.8 Å². The van der Waals surface area contributed by atoms with Gasteiger partial charge in [0.25, 0.3) is 0 Å². The first-order valence-corrected chi connectivity index (χ1v) is 6.90. The van der Waals surface area contributed by atoms with Crippen LogP contribution in [0.1, 0.15) is 27.3 Å². The molecule has 0 bridgehead atoms. The van der Waals surface area contributed by atoms with E-state index in [0.717, 1.165) is 17.0 Å². The van der Waals surface area contributed by atoms with Gasteiger partial charge in [-0.3, -0.25) is 9.48 Å². The average Bonchev–Trinajstić information content (AvgIpc) is 2.78. The van der Waals surface area contributed by atoms with Gasteiger partial charge in [-0.25, -0.2) is 4.79 Å². The standard InChI is InChI=1S/C16H19N3O3/c1-10-5-6-13(16(21)22-4)8-14(10)17-15(20)9-19-12(3)7-11(2)18-19/h5-8H,9H2,1-4H3,(H,17,20). The van der Waals surface area contributed by atoms with Crippen molar-refractivity contribution >= 4 is 17.6 Å². The lowest BCUT2D eigenvalue weighted by Gasteiger charge is -2.10. The number of benzene rings is 1. The Morgan fingerprint density at radius 1 is 1.23 bits per heavy atom. The van der Waals surface area contributed by atoms with Gasteiger partial charge in [-0.2, -0.15) is 5.10 Å². The summed E-state index contributed by atoms with van der Waals surface area (Å²) in [4.78, 5) is 23.7. The molecule has 0 saturated carbocycles. The zero-order valence-corrected chi connectivity index (χ0v) is 13.1. The maximum atomic E-state index is 12.2. The first-order chi connectivity index (χ1) is 10.4. The molecule has 0 aliphatic heterocycles. The van der Waals surface area contributed by atoms with E-state index < -0.39 is 5.97 Å². The highest BCUT2D eigenvalue weighted by atomic mass is 16.5. The molecule has 0 aliphatic carbocycles. The highest BCUT2D eigenvalue weighted by molar-refractivity contribution is 5.95. The van der Waals surface area contributed by atoms with E-state index in [9.17, 15) is 9.59 Å². The molecule has 0 spiro atoms. The number of hydrogen-bond acceptors (Lipinski definition) is 4. The van der Waals surface area contributed by atoms with Crippen molar-refractivity contribution in [1.82, 2.24) is 9.78 Å². The third kappa shape index (κ3) is 3.52. The van der Waals surface area contributed by atoms with Crippen molar-refractivity contribution in [3.63, 3.8) is 0 Å². The summed E-state index contributed by atoms with van der Waals surface area (Å²) < 4.78 is 6.33. The summed E-state index contributed by atoms with van der Waals surface area (Å²) in [5.41, 5.74) is 3.65. The van der Waals surface area contributed by atoms with Crippen LogP contribution in [0.15, 0.2) is 24.3 Å². The monoisotopic (exact) mass is 301 g/mol. The number of carbonyl (C=O) groups excluding carboxylic acids is 2. The summed E-state index contributed by atoms with van der Waals surface area (Å²) in [5, 5.41) is 7.06. The minimum atomic E-state index is -0.436. The molecule has 1 heterocycles. The van der Waals surface area contributed by atoms with Gasteiger partial charge in [0.1, 0.15) is 6.54 Å². The van der Waals surface area contributed by atoms with E-state index >= 15 is 0 Å². The lowest BCUT2D eigenvalue weighted by atomic mass is 10.1. The van der Waals surface area contributed by atoms with Crippen molar-refractivity contribution in [2.75, 3.05) is 12.4 Å². The number of anilines is 1. The summed E-state index contributed by atoms with van der Waals surface area (Å²) >= 11 is 0. The van der Waals surface area contributed by atoms with Crippen molar-refractivity contribution < 1.29 is 14.3 Å². The van der Waals surface area contributed by atoms with E-state index in [1.807, 2.05) is 26.8 Å². The van der Waals surface area contributed by atoms with E-state index in [1.165, 1.54) is 7.11 Å². The molecule has 0 saturated heterocycles. The zero-order valence-electron chi connectivity index (χ0n) is 13.1. The summed E-state index contributed by atoms with van der Waals surface area (Å²) in [5.74, 6) is -0.634. The molecule has 0 unspecified atom stereocenters. The molecule has 2 aromatic rings. The van der Waals surface area contributed by atoms with Crippen LogP contribution in [0.5, 0.6) is 0 Å². The SMILES string of the molecule is COC(=O)c1ccc(C)c(NC(=O)Cn2nc(C)cc2C)c1. The van der Waals surface area contributed by atoms with Gasteiger partial charge in [-0.1, -0.05) is 6.07 Å². The number of rotatable bonds is 4. The van der Waals surface area contributed by atoms with Crippen LogP contribution in [0.25, 0.3) is 0 Å². The number of carbonyl (C=O) groups is 2. The van der Waals surface area contributed by atoms with E-state index in [-0.39, 0.29) is 12.5 Å². The van der Waals surface area contributed by atoms with Gasteiger partial charge in [-0.15, -0.1) is 0 Å². The smallest absolute Gasteiger partial charge is 0.337 e. The second-order valence-corrected chi connectivity index (χ2v) is 5.15. The second kappa shape index (κ2) is 6.43. The number of ether oxygens (including phenoxy) is 1. The molecule has 1 N–H and O–H groups in total. The van der Waals surface area contributed by atoms with E-state index in [2.05, 4.69) is 15.2 Å². The number of nitrogens with one attached hydrogen (secondary N) is 1. The average molecular weight is 301 g/mol. The van der Waals surface area contributed by atoms with Gasteiger partial charge in [0, 0.05) is 11.4 Å². The zero-order chi connectivity index (χ0) is 16.3. The number of aryl methyl sites for hydroxylation is 3. The van der Waals surface area contributed by atoms with Crippen molar-refractivity contribution in [1.29, 1.82) is 0 Å². The van der Waals surface area contributed by atoms with E-state index in [4.69, 9.17) is 0 Å². The van der Waals surface area contributed by atoms with Gasteiger partial charge >= 0.3 is 5.97 Å². The molecule has 0 radical (unpaired) electrons. The normalized spacial score (nSPS) is 10.4. The summed E-state index contributed by atoms with van der Waals surface area (Å²) in [6, 6.07) is 6.96. The molecule has 116 valence electrons. The molecular formula is C16H19N3O3. The van der Waals surface area contributed by atoms with Gasteiger partial charge < -0.3 is 10.1 Å². The van der Waals surface area contributed by atoms with Gasteiger partial charge in [0.05, 0.1) is 18.4 Å². The molecule has 0 atom stereocenters. The Labute approximate surface area is 129 Å². The molecule has 1 amide bonds. The minimum absolute atomic E-state index is 0.127. The summed E-state index contributed by atoms with van der Waals surface area (Å²) in [7, 11) is 1.32. The second-order valence-electron chi connectivity index (χ2n) is 5.15. The van der Waals surface area contributed by atoms with E-state index in [0.29, 0.717) is 11.3 Å². The minimum Gasteiger partial charge on any atom is -0.465 e. The van der Waals surface area contributed by atoms with Crippen molar-refractivity contribution in [3.8, 4) is 0 Å². The van der Waals surface area contributed by atoms with Crippen LogP contribution in [-0.2, 0) is 16.1 Å². The summed E-state index contributed by atoms with van der Waals surface area (Å²) in [6.07, 6.45) is 0. The molecule has 0 fully saturated rings. The number of hydrogen-bond donors (Lipinski definition) is 1. The highest BCUT2D eigenvalue weighted by Crippen LogP contribution is 2.17. The Hall–Kier alpha value is -2.63. The van der Waals surface area contributed by atoms with Gasteiger partial charge in [0.15, 0.2) is 0 Å². The van der Waals surface area contributed by atoms with Crippen LogP contribution < -0.4 is 5.32 Å². The lowest BCUT2D eigenvalue weighted by Crippen LogP contribution is -2.21. The highest BCUT2D eigenvalue weighted by Gasteiger charge is 2.12. The van der Waals surface area contributed by atoms with Crippen LogP contribution in [0.3, 0.4) is 0 Å². The van der Waals surface area contributed by atoms with Crippen LogP contribution in [0.2, 0.25) is 0 Å². The quantitative estimate of drug-likeness (QED) is 0.879. The topological polar surface area (TPSA) is 73.2 Å². The predicted molar refractivity (Wildman–Crippen MR) is 82.8 cm³/mol. The summed E-state index contributed by atoms with van der Waals surface area (Å²) in [6.45, 7) is 5.77. The van der Waals surface area contributed by atoms with Crippen LogP contribution in [0.4, 0.5) is 5.69 Å². The van der Waals surface area contributed by atoms with Crippen LogP contribution in [-0.4, -0.2) is 28.8 Å². The Morgan fingerprint density at radius 3 is 2.55 bits per heavy atom. The fourth-order valence-electron chi connectivity index (χ4n) is 2.16. The molecule has 22 heavy (non-hydrogen) atoms.